The summed E-state index contributed by atoms with van der Waals surface area (Å²) in [6.45, 7) is 0. The summed E-state index contributed by atoms with van der Waals surface area (Å²) in [6, 6.07) is 9.26. The van der Waals surface area contributed by atoms with Crippen LogP contribution < -0.4 is 11.4 Å². The zero-order valence-corrected chi connectivity index (χ0v) is 12.9. The van der Waals surface area contributed by atoms with Gasteiger partial charge in [0.15, 0.2) is 0 Å². The van der Waals surface area contributed by atoms with Gasteiger partial charge in [-0.1, -0.05) is 30.4 Å². The van der Waals surface area contributed by atoms with Crippen molar-refractivity contribution in [2.45, 2.75) is 49.6 Å². The van der Waals surface area contributed by atoms with Crippen LogP contribution in [0.25, 0.3) is 5.69 Å². The first-order valence-corrected chi connectivity index (χ1v) is 8.41. The highest BCUT2D eigenvalue weighted by atomic mass is 16.2. The van der Waals surface area contributed by atoms with Crippen molar-refractivity contribution in [3.8, 4) is 5.69 Å². The number of hydrogen-bond donors (Lipinski definition) is 0. The Morgan fingerprint density at radius 3 is 1.61 bits per heavy atom. The van der Waals surface area contributed by atoms with Gasteiger partial charge < -0.3 is 0 Å². The molecule has 1 aliphatic heterocycles. The minimum Gasteiger partial charge on any atom is -0.245 e. The van der Waals surface area contributed by atoms with Crippen LogP contribution >= 0.6 is 0 Å². The van der Waals surface area contributed by atoms with Crippen LogP contribution in [0.4, 0.5) is 0 Å². The van der Waals surface area contributed by atoms with Crippen molar-refractivity contribution in [3.05, 3.63) is 63.5 Å². The van der Waals surface area contributed by atoms with Crippen molar-refractivity contribution in [2.75, 3.05) is 0 Å². The first-order chi connectivity index (χ1) is 11.2. The molecule has 3 aliphatic rings. The molecule has 2 aromatic rings. The number of benzene rings is 1. The molecule has 2 fully saturated rings. The van der Waals surface area contributed by atoms with E-state index < -0.39 is 0 Å². The Labute approximate surface area is 133 Å². The maximum absolute atomic E-state index is 13.1. The smallest absolute Gasteiger partial charge is 0.245 e. The van der Waals surface area contributed by atoms with Gasteiger partial charge in [0, 0.05) is 0 Å². The number of nitrogens with zero attached hydrogens (tertiary/aromatic N) is 3. The van der Waals surface area contributed by atoms with E-state index in [2.05, 4.69) is 12.2 Å². The molecule has 1 aromatic carbocycles. The Kier molecular flexibility index (Phi) is 2.38. The molecule has 5 rings (SSSR count). The second kappa shape index (κ2) is 4.16. The Morgan fingerprint density at radius 2 is 1.22 bits per heavy atom. The second-order valence-corrected chi connectivity index (χ2v) is 7.11. The van der Waals surface area contributed by atoms with E-state index in [-0.39, 0.29) is 22.5 Å². The molecule has 2 saturated carbocycles. The summed E-state index contributed by atoms with van der Waals surface area (Å²) < 4.78 is 4.88. The molecule has 0 N–H and O–H groups in total. The van der Waals surface area contributed by atoms with Crippen LogP contribution in [0.2, 0.25) is 0 Å². The Morgan fingerprint density at radius 1 is 0.739 bits per heavy atom. The molecule has 2 heterocycles. The largest absolute Gasteiger partial charge is 0.352 e. The van der Waals surface area contributed by atoms with E-state index in [1.165, 1.54) is 4.57 Å². The van der Waals surface area contributed by atoms with Crippen LogP contribution in [0.5, 0.6) is 0 Å². The Hall–Kier alpha value is -2.30. The van der Waals surface area contributed by atoms with Crippen molar-refractivity contribution in [2.24, 2.45) is 0 Å². The normalized spacial score (nSPS) is 22.6. The standard InChI is InChI=1S/C18H19N3O2/c22-15-19(14-6-2-1-3-7-14)16(23)21-18(10-5-11-18)13-12-17(20(15)21)8-4-9-17/h1-3,6-7,12-13H,4-5,8-11H2. The van der Waals surface area contributed by atoms with Crippen molar-refractivity contribution >= 4 is 0 Å². The third-order valence-electron chi connectivity index (χ3n) is 5.95. The second-order valence-electron chi connectivity index (χ2n) is 7.11. The minimum absolute atomic E-state index is 0.198. The highest BCUT2D eigenvalue weighted by Gasteiger charge is 2.51. The lowest BCUT2D eigenvalue weighted by Crippen LogP contribution is -2.58. The van der Waals surface area contributed by atoms with Gasteiger partial charge in [0.2, 0.25) is 0 Å². The van der Waals surface area contributed by atoms with Gasteiger partial charge >= 0.3 is 11.4 Å². The number of para-hydroxylation sites is 1. The third-order valence-corrected chi connectivity index (χ3v) is 5.95. The molecule has 0 saturated heterocycles. The summed E-state index contributed by atoms with van der Waals surface area (Å²) >= 11 is 0. The third kappa shape index (κ3) is 1.47. The van der Waals surface area contributed by atoms with Crippen molar-refractivity contribution in [3.63, 3.8) is 0 Å². The van der Waals surface area contributed by atoms with Gasteiger partial charge in [0.25, 0.3) is 0 Å². The monoisotopic (exact) mass is 309 g/mol. The van der Waals surface area contributed by atoms with E-state index in [0.29, 0.717) is 5.69 Å². The van der Waals surface area contributed by atoms with Gasteiger partial charge in [-0.15, -0.1) is 0 Å². The highest BCUT2D eigenvalue weighted by Crippen LogP contribution is 2.48. The highest BCUT2D eigenvalue weighted by molar-refractivity contribution is 5.32. The van der Waals surface area contributed by atoms with E-state index >= 15 is 0 Å². The van der Waals surface area contributed by atoms with Gasteiger partial charge in [0.05, 0.1) is 16.8 Å². The molecule has 2 aliphatic carbocycles. The summed E-state index contributed by atoms with van der Waals surface area (Å²) in [5.74, 6) is 0. The van der Waals surface area contributed by atoms with Gasteiger partial charge in [0.1, 0.15) is 0 Å². The van der Waals surface area contributed by atoms with Gasteiger partial charge in [-0.25, -0.2) is 23.5 Å². The molecular formula is C18H19N3O2. The quantitative estimate of drug-likeness (QED) is 0.758. The average Bonchev–Trinajstić information content (AvgIpc) is 2.77. The lowest BCUT2D eigenvalue weighted by molar-refractivity contribution is 0.0644. The molecule has 0 atom stereocenters. The lowest BCUT2D eigenvalue weighted by Gasteiger charge is -2.51. The average molecular weight is 309 g/mol. The lowest BCUT2D eigenvalue weighted by atomic mass is 9.70. The fraction of sp³-hybridized carbons (Fsp3) is 0.444. The Balaban J connectivity index is 1.85. The van der Waals surface area contributed by atoms with E-state index in [1.807, 2.05) is 30.3 Å². The number of rotatable bonds is 1. The van der Waals surface area contributed by atoms with Crippen LogP contribution in [0.3, 0.4) is 0 Å². The number of hydrogen-bond acceptors (Lipinski definition) is 2. The van der Waals surface area contributed by atoms with Crippen LogP contribution in [0, 0.1) is 0 Å². The molecule has 0 amide bonds. The Bertz CT molecular complexity index is 866. The fourth-order valence-electron chi connectivity index (χ4n) is 4.31. The fourth-order valence-corrected chi connectivity index (χ4v) is 4.31. The number of aromatic nitrogens is 3. The first-order valence-electron chi connectivity index (χ1n) is 8.41. The molecular weight excluding hydrogens is 290 g/mol. The van der Waals surface area contributed by atoms with E-state index in [9.17, 15) is 9.59 Å². The number of allylic oxidation sites excluding steroid dienone is 2. The maximum Gasteiger partial charge on any atom is 0.352 e. The number of fused-ring (bicyclic) bond motifs is 3. The predicted octanol–water partition coefficient (Wildman–Crippen LogP) is 2.13. The molecule has 5 heteroatoms. The summed E-state index contributed by atoms with van der Waals surface area (Å²) in [7, 11) is 0. The van der Waals surface area contributed by atoms with Crippen LogP contribution in [0.15, 0.2) is 52.1 Å². The molecule has 0 unspecified atom stereocenters. The van der Waals surface area contributed by atoms with Crippen molar-refractivity contribution in [1.82, 2.24) is 13.9 Å². The summed E-state index contributed by atoms with van der Waals surface area (Å²) in [4.78, 5) is 26.3. The van der Waals surface area contributed by atoms with E-state index in [1.54, 1.807) is 9.36 Å². The van der Waals surface area contributed by atoms with Gasteiger partial charge in [-0.2, -0.15) is 0 Å². The summed E-state index contributed by atoms with van der Waals surface area (Å²) in [6.07, 6.45) is 10.4. The molecule has 118 valence electrons. The van der Waals surface area contributed by atoms with E-state index in [4.69, 9.17) is 0 Å². The van der Waals surface area contributed by atoms with Crippen LogP contribution in [0.1, 0.15) is 38.5 Å². The molecule has 2 spiro atoms. The molecule has 0 bridgehead atoms. The molecule has 23 heavy (non-hydrogen) atoms. The molecule has 1 aromatic heterocycles. The van der Waals surface area contributed by atoms with Crippen molar-refractivity contribution < 1.29 is 0 Å². The topological polar surface area (TPSA) is 48.9 Å². The molecule has 0 radical (unpaired) electrons. The first kappa shape index (κ1) is 13.2. The SMILES string of the molecule is O=c1n(-c2ccccc2)c(=O)n2n1C1(C=CC23CCC3)CCC1. The van der Waals surface area contributed by atoms with Crippen LogP contribution in [-0.4, -0.2) is 13.9 Å². The zero-order valence-electron chi connectivity index (χ0n) is 12.9. The maximum atomic E-state index is 13.1. The van der Waals surface area contributed by atoms with Crippen molar-refractivity contribution in [1.29, 1.82) is 0 Å². The summed E-state index contributed by atoms with van der Waals surface area (Å²) in [5, 5.41) is 0. The summed E-state index contributed by atoms with van der Waals surface area (Å²) in [5.41, 5.74) is -0.303. The van der Waals surface area contributed by atoms with Crippen LogP contribution in [-0.2, 0) is 11.1 Å². The minimum atomic E-state index is -0.281. The molecule has 5 nitrogen and oxygen atoms in total. The zero-order chi connectivity index (χ0) is 15.7. The predicted molar refractivity (Wildman–Crippen MR) is 87.1 cm³/mol. The van der Waals surface area contributed by atoms with Gasteiger partial charge in [-0.3, -0.25) is 0 Å². The van der Waals surface area contributed by atoms with Gasteiger partial charge in [-0.05, 0) is 50.7 Å². The van der Waals surface area contributed by atoms with E-state index in [0.717, 1.165) is 38.5 Å².